The zero-order valence-corrected chi connectivity index (χ0v) is 16.6. The van der Waals surface area contributed by atoms with E-state index in [4.69, 9.17) is 9.72 Å². The molecule has 0 unspecified atom stereocenters. The van der Waals surface area contributed by atoms with Crippen molar-refractivity contribution in [1.82, 2.24) is 24.7 Å². The average molecular weight is 383 g/mol. The van der Waals surface area contributed by atoms with E-state index in [1.54, 1.807) is 0 Å². The normalized spacial score (nSPS) is 18.0. The van der Waals surface area contributed by atoms with Crippen molar-refractivity contribution in [3.05, 3.63) is 41.7 Å². The summed E-state index contributed by atoms with van der Waals surface area (Å²) in [4.78, 5) is 22.3. The molecule has 150 valence electrons. The van der Waals surface area contributed by atoms with Crippen LogP contribution in [0, 0.1) is 0 Å². The second-order valence-corrected chi connectivity index (χ2v) is 7.56. The molecule has 0 radical (unpaired) electrons. The Balaban J connectivity index is 1.38. The van der Waals surface area contributed by atoms with Crippen LogP contribution in [-0.2, 0) is 17.9 Å². The number of imidazole rings is 1. The van der Waals surface area contributed by atoms with Gasteiger partial charge >= 0.3 is 0 Å². The lowest BCUT2D eigenvalue weighted by Crippen LogP contribution is -2.45. The molecule has 2 aliphatic heterocycles. The van der Waals surface area contributed by atoms with Gasteiger partial charge in [-0.25, -0.2) is 4.98 Å². The van der Waals surface area contributed by atoms with Crippen LogP contribution in [0.4, 0.5) is 0 Å². The van der Waals surface area contributed by atoms with Gasteiger partial charge < -0.3 is 24.4 Å². The topological polar surface area (TPSA) is 62.6 Å². The smallest absolute Gasteiger partial charge is 0.271 e. The van der Waals surface area contributed by atoms with Gasteiger partial charge in [-0.05, 0) is 20.0 Å². The van der Waals surface area contributed by atoms with Crippen molar-refractivity contribution in [2.75, 3.05) is 52.9 Å². The number of aromatic nitrogens is 2. The van der Waals surface area contributed by atoms with E-state index >= 15 is 0 Å². The molecule has 0 saturated carbocycles. The highest BCUT2D eigenvalue weighted by atomic mass is 16.5. The van der Waals surface area contributed by atoms with E-state index in [0.29, 0.717) is 25.5 Å². The zero-order chi connectivity index (χ0) is 19.3. The number of fused-ring (bicyclic) bond motifs is 1. The highest BCUT2D eigenvalue weighted by molar-refractivity contribution is 5.94. The van der Waals surface area contributed by atoms with E-state index in [1.165, 1.54) is 0 Å². The van der Waals surface area contributed by atoms with Crippen LogP contribution >= 0.6 is 0 Å². The fourth-order valence-corrected chi connectivity index (χ4v) is 3.85. The number of piperazine rings is 1. The van der Waals surface area contributed by atoms with Gasteiger partial charge in [0.1, 0.15) is 5.82 Å². The van der Waals surface area contributed by atoms with Crippen LogP contribution in [-0.4, -0.2) is 78.2 Å². The SMILES string of the molecule is CN1CCN(CCCNC(=O)c2nc(-c3ccccc3)n3c2COCC3)CC1. The number of nitrogens with one attached hydrogen (secondary N) is 1. The first kappa shape index (κ1) is 19.1. The van der Waals surface area contributed by atoms with E-state index in [-0.39, 0.29) is 5.91 Å². The number of carbonyl (C=O) groups excluding carboxylic acids is 1. The molecule has 4 rings (SSSR count). The second-order valence-electron chi connectivity index (χ2n) is 7.56. The third-order valence-electron chi connectivity index (χ3n) is 5.55. The minimum atomic E-state index is -0.102. The van der Waals surface area contributed by atoms with Gasteiger partial charge in [0.05, 0.1) is 18.9 Å². The van der Waals surface area contributed by atoms with Gasteiger partial charge in [-0.3, -0.25) is 4.79 Å². The first-order valence-corrected chi connectivity index (χ1v) is 10.1. The van der Waals surface area contributed by atoms with Crippen LogP contribution in [0.5, 0.6) is 0 Å². The predicted molar refractivity (Wildman–Crippen MR) is 108 cm³/mol. The van der Waals surface area contributed by atoms with E-state index in [9.17, 15) is 4.79 Å². The number of carbonyl (C=O) groups is 1. The molecular weight excluding hydrogens is 354 g/mol. The Kier molecular flexibility index (Phi) is 6.04. The van der Waals surface area contributed by atoms with Crippen molar-refractivity contribution in [3.63, 3.8) is 0 Å². The van der Waals surface area contributed by atoms with Crippen molar-refractivity contribution >= 4 is 5.91 Å². The van der Waals surface area contributed by atoms with Crippen molar-refractivity contribution in [1.29, 1.82) is 0 Å². The maximum absolute atomic E-state index is 12.8. The van der Waals surface area contributed by atoms with Crippen molar-refractivity contribution in [2.45, 2.75) is 19.6 Å². The number of nitrogens with zero attached hydrogens (tertiary/aromatic N) is 4. The minimum Gasteiger partial charge on any atom is -0.373 e. The molecule has 2 aromatic rings. The zero-order valence-electron chi connectivity index (χ0n) is 16.6. The summed E-state index contributed by atoms with van der Waals surface area (Å²) < 4.78 is 7.72. The monoisotopic (exact) mass is 383 g/mol. The largest absolute Gasteiger partial charge is 0.373 e. The van der Waals surface area contributed by atoms with Crippen molar-refractivity contribution < 1.29 is 9.53 Å². The Labute approximate surface area is 166 Å². The molecule has 0 bridgehead atoms. The summed E-state index contributed by atoms with van der Waals surface area (Å²) in [7, 11) is 2.16. The Morgan fingerprint density at radius 1 is 1.14 bits per heavy atom. The number of amides is 1. The standard InChI is InChI=1S/C21H29N5O2/c1-24-10-12-25(13-11-24)9-5-8-22-21(27)19-18-16-28-15-14-26(18)20(23-19)17-6-3-2-4-7-17/h2-4,6-7H,5,8-16H2,1H3,(H,22,27). The van der Waals surface area contributed by atoms with Crippen LogP contribution in [0.15, 0.2) is 30.3 Å². The fraction of sp³-hybridized carbons (Fsp3) is 0.524. The van der Waals surface area contributed by atoms with E-state index < -0.39 is 0 Å². The van der Waals surface area contributed by atoms with Gasteiger partial charge in [-0.2, -0.15) is 0 Å². The minimum absolute atomic E-state index is 0.102. The quantitative estimate of drug-likeness (QED) is 0.765. The van der Waals surface area contributed by atoms with Gasteiger partial charge in [0.15, 0.2) is 5.69 Å². The molecule has 28 heavy (non-hydrogen) atoms. The number of ether oxygens (including phenoxy) is 1. The maximum Gasteiger partial charge on any atom is 0.271 e. The summed E-state index contributed by atoms with van der Waals surface area (Å²) in [6.07, 6.45) is 0.952. The molecule has 1 saturated heterocycles. The van der Waals surface area contributed by atoms with Gasteiger partial charge in [-0.1, -0.05) is 30.3 Å². The molecule has 1 aromatic carbocycles. The molecule has 0 spiro atoms. The third kappa shape index (κ3) is 4.27. The lowest BCUT2D eigenvalue weighted by Gasteiger charge is -2.32. The average Bonchev–Trinajstić information content (AvgIpc) is 3.13. The summed E-state index contributed by atoms with van der Waals surface area (Å²) >= 11 is 0. The molecule has 2 aliphatic rings. The van der Waals surface area contributed by atoms with E-state index in [0.717, 1.165) is 62.8 Å². The highest BCUT2D eigenvalue weighted by Gasteiger charge is 2.25. The molecule has 7 heteroatoms. The molecule has 1 amide bonds. The Hall–Kier alpha value is -2.22. The van der Waals surface area contributed by atoms with Gasteiger partial charge in [0, 0.05) is 44.8 Å². The van der Waals surface area contributed by atoms with Crippen molar-refractivity contribution in [2.24, 2.45) is 0 Å². The molecule has 0 atom stereocenters. The number of likely N-dealkylation sites (N-methyl/N-ethyl adjacent to an activating group) is 1. The number of rotatable bonds is 6. The lowest BCUT2D eigenvalue weighted by molar-refractivity contribution is 0.0816. The summed E-state index contributed by atoms with van der Waals surface area (Å²) in [5, 5.41) is 3.05. The van der Waals surface area contributed by atoms with Gasteiger partial charge in [0.2, 0.25) is 0 Å². The van der Waals surface area contributed by atoms with Crippen LogP contribution in [0.1, 0.15) is 22.6 Å². The van der Waals surface area contributed by atoms with Gasteiger partial charge in [-0.15, -0.1) is 0 Å². The number of benzene rings is 1. The van der Waals surface area contributed by atoms with E-state index in [1.807, 2.05) is 30.3 Å². The first-order valence-electron chi connectivity index (χ1n) is 10.1. The Bertz CT molecular complexity index is 797. The summed E-state index contributed by atoms with van der Waals surface area (Å²) in [6, 6.07) is 10.0. The molecule has 7 nitrogen and oxygen atoms in total. The van der Waals surface area contributed by atoms with E-state index in [2.05, 4.69) is 26.7 Å². The van der Waals surface area contributed by atoms with Crippen LogP contribution in [0.3, 0.4) is 0 Å². The molecule has 1 N–H and O–H groups in total. The van der Waals surface area contributed by atoms with Crippen LogP contribution in [0.2, 0.25) is 0 Å². The molecule has 1 aromatic heterocycles. The fourth-order valence-electron chi connectivity index (χ4n) is 3.85. The highest BCUT2D eigenvalue weighted by Crippen LogP contribution is 2.25. The predicted octanol–water partition coefficient (Wildman–Crippen LogP) is 1.45. The summed E-state index contributed by atoms with van der Waals surface area (Å²) in [5.74, 6) is 0.747. The van der Waals surface area contributed by atoms with Crippen LogP contribution in [0.25, 0.3) is 11.4 Å². The van der Waals surface area contributed by atoms with Crippen LogP contribution < -0.4 is 5.32 Å². The summed E-state index contributed by atoms with van der Waals surface area (Å²) in [5.41, 5.74) is 2.40. The molecular formula is C21H29N5O2. The number of hydrogen-bond acceptors (Lipinski definition) is 5. The third-order valence-corrected chi connectivity index (χ3v) is 5.55. The Morgan fingerprint density at radius 3 is 2.71 bits per heavy atom. The molecule has 0 aliphatic carbocycles. The van der Waals surface area contributed by atoms with Crippen molar-refractivity contribution in [3.8, 4) is 11.4 Å². The molecule has 3 heterocycles. The maximum atomic E-state index is 12.8. The second kappa shape index (κ2) is 8.86. The lowest BCUT2D eigenvalue weighted by atomic mass is 10.2. The molecule has 1 fully saturated rings. The number of hydrogen-bond donors (Lipinski definition) is 1. The Morgan fingerprint density at radius 2 is 1.93 bits per heavy atom. The first-order chi connectivity index (χ1) is 13.7. The van der Waals surface area contributed by atoms with Gasteiger partial charge in [0.25, 0.3) is 5.91 Å². The summed E-state index contributed by atoms with van der Waals surface area (Å²) in [6.45, 7) is 7.95.